The molecule has 210 valence electrons. The summed E-state index contributed by atoms with van der Waals surface area (Å²) >= 11 is 8.10. The van der Waals surface area contributed by atoms with Crippen molar-refractivity contribution in [3.8, 4) is 16.9 Å². The maximum absolute atomic E-state index is 13.9. The number of carbonyl (C=O) groups is 2. The molecular weight excluding hydrogens is 563 g/mol. The van der Waals surface area contributed by atoms with Gasteiger partial charge in [-0.3, -0.25) is 14.5 Å². The summed E-state index contributed by atoms with van der Waals surface area (Å²) in [5.41, 5.74) is 3.66. The third-order valence-corrected chi connectivity index (χ3v) is 8.82. The Labute approximate surface area is 246 Å². The van der Waals surface area contributed by atoms with Gasteiger partial charge >= 0.3 is 0 Å². The number of hydrogen-bond donors (Lipinski definition) is 1. The molecule has 4 aromatic rings. The predicted molar refractivity (Wildman–Crippen MR) is 159 cm³/mol. The molecule has 10 heteroatoms. The van der Waals surface area contributed by atoms with Crippen molar-refractivity contribution in [2.75, 3.05) is 30.3 Å². The average molecular weight is 591 g/mol. The highest BCUT2D eigenvalue weighted by atomic mass is 35.5. The lowest BCUT2D eigenvalue weighted by atomic mass is 9.99. The van der Waals surface area contributed by atoms with E-state index in [2.05, 4.69) is 5.32 Å². The molecule has 1 N–H and O–H groups in total. The molecular formula is C31H28ClFN4O3S. The summed E-state index contributed by atoms with van der Waals surface area (Å²) in [6, 6.07) is 23.2. The summed E-state index contributed by atoms with van der Waals surface area (Å²) < 4.78 is 21.3. The van der Waals surface area contributed by atoms with Crippen LogP contribution in [0.3, 0.4) is 0 Å². The standard InChI is InChI=1S/C31H28ClFN4O3S/c32-24-10-4-5-11-25(24)37-31-28(29(35-37)20-7-2-1-3-8-20)30(21-12-14-22(33)15-13-21)41-19-27(39)36(31)18-26(38)34-17-23-9-6-16-40-23/h1-5,7-8,10-15,23,30H,6,9,16-19H2,(H,34,38)/t23-,30+/m1/s1. The van der Waals surface area contributed by atoms with E-state index in [1.807, 2.05) is 48.5 Å². The van der Waals surface area contributed by atoms with Gasteiger partial charge in [-0.25, -0.2) is 9.07 Å². The summed E-state index contributed by atoms with van der Waals surface area (Å²) in [5.74, 6) is -0.289. The van der Waals surface area contributed by atoms with Gasteiger partial charge in [0.15, 0.2) is 0 Å². The number of hydrogen-bond acceptors (Lipinski definition) is 5. The molecule has 0 saturated carbocycles. The topological polar surface area (TPSA) is 76.5 Å². The molecule has 1 saturated heterocycles. The molecule has 2 atom stereocenters. The number of carbonyl (C=O) groups excluding carboxylic acids is 2. The lowest BCUT2D eigenvalue weighted by Gasteiger charge is -2.24. The summed E-state index contributed by atoms with van der Waals surface area (Å²) in [6.45, 7) is 0.884. The largest absolute Gasteiger partial charge is 0.376 e. The first-order valence-corrected chi connectivity index (χ1v) is 14.9. The van der Waals surface area contributed by atoms with Gasteiger partial charge < -0.3 is 10.1 Å². The molecule has 2 aliphatic rings. The summed E-state index contributed by atoms with van der Waals surface area (Å²) in [6.07, 6.45) is 1.84. The van der Waals surface area contributed by atoms with Crippen molar-refractivity contribution in [2.45, 2.75) is 24.2 Å². The van der Waals surface area contributed by atoms with Crippen LogP contribution in [0.1, 0.15) is 29.2 Å². The predicted octanol–water partition coefficient (Wildman–Crippen LogP) is 5.80. The monoisotopic (exact) mass is 590 g/mol. The van der Waals surface area contributed by atoms with Crippen molar-refractivity contribution in [3.63, 3.8) is 0 Å². The van der Waals surface area contributed by atoms with Crippen LogP contribution in [0.2, 0.25) is 5.02 Å². The molecule has 1 aromatic heterocycles. The lowest BCUT2D eigenvalue weighted by molar-refractivity contribution is -0.123. The zero-order valence-corrected chi connectivity index (χ0v) is 23.7. The van der Waals surface area contributed by atoms with Gasteiger partial charge in [-0.1, -0.05) is 66.2 Å². The number of benzene rings is 3. The first-order valence-electron chi connectivity index (χ1n) is 13.5. The summed E-state index contributed by atoms with van der Waals surface area (Å²) in [4.78, 5) is 28.5. The Balaban J connectivity index is 1.52. The first kappa shape index (κ1) is 27.5. The zero-order valence-electron chi connectivity index (χ0n) is 22.1. The van der Waals surface area contributed by atoms with E-state index >= 15 is 0 Å². The van der Waals surface area contributed by atoms with Crippen molar-refractivity contribution in [1.29, 1.82) is 0 Å². The molecule has 0 aliphatic carbocycles. The van der Waals surface area contributed by atoms with Gasteiger partial charge in [-0.15, -0.1) is 11.8 Å². The van der Waals surface area contributed by atoms with Gasteiger partial charge in [0.05, 0.1) is 33.5 Å². The Kier molecular flexibility index (Phi) is 8.09. The van der Waals surface area contributed by atoms with Crippen LogP contribution < -0.4 is 10.2 Å². The van der Waals surface area contributed by atoms with Gasteiger partial charge in [0.1, 0.15) is 18.2 Å². The second kappa shape index (κ2) is 12.1. The van der Waals surface area contributed by atoms with E-state index < -0.39 is 0 Å². The first-order chi connectivity index (χ1) is 20.0. The van der Waals surface area contributed by atoms with E-state index in [9.17, 15) is 14.0 Å². The maximum atomic E-state index is 13.9. The molecule has 3 aromatic carbocycles. The van der Waals surface area contributed by atoms with Gasteiger partial charge in [-0.05, 0) is 42.7 Å². The highest BCUT2D eigenvalue weighted by Gasteiger charge is 2.38. The molecule has 41 heavy (non-hydrogen) atoms. The number of nitrogens with one attached hydrogen (secondary N) is 1. The Morgan fingerprint density at radius 2 is 1.83 bits per heavy atom. The number of aromatic nitrogens is 2. The maximum Gasteiger partial charge on any atom is 0.240 e. The van der Waals surface area contributed by atoms with Gasteiger partial charge in [0, 0.05) is 24.3 Å². The van der Waals surface area contributed by atoms with E-state index in [4.69, 9.17) is 21.4 Å². The van der Waals surface area contributed by atoms with Crippen LogP contribution in [-0.4, -0.2) is 53.1 Å². The third-order valence-electron chi connectivity index (χ3n) is 7.24. The van der Waals surface area contributed by atoms with Gasteiger partial charge in [0.2, 0.25) is 11.8 Å². The van der Waals surface area contributed by atoms with Crippen LogP contribution in [0.15, 0.2) is 78.9 Å². The minimum absolute atomic E-state index is 0.0221. The lowest BCUT2D eigenvalue weighted by Crippen LogP contribution is -2.44. The Morgan fingerprint density at radius 1 is 1.07 bits per heavy atom. The smallest absolute Gasteiger partial charge is 0.240 e. The molecule has 2 amide bonds. The van der Waals surface area contributed by atoms with Crippen LogP contribution in [0, 0.1) is 5.82 Å². The molecule has 2 aliphatic heterocycles. The number of rotatable bonds is 7. The normalized spacial score (nSPS) is 18.7. The Bertz CT molecular complexity index is 1560. The van der Waals surface area contributed by atoms with Crippen molar-refractivity contribution in [3.05, 3.63) is 101 Å². The number of thioether (sulfide) groups is 1. The molecule has 3 heterocycles. The third kappa shape index (κ3) is 5.75. The molecule has 6 rings (SSSR count). The number of fused-ring (bicyclic) bond motifs is 1. The zero-order chi connectivity index (χ0) is 28.3. The van der Waals surface area contributed by atoms with Crippen LogP contribution in [0.4, 0.5) is 10.2 Å². The highest BCUT2D eigenvalue weighted by Crippen LogP contribution is 2.48. The fraction of sp³-hybridized carbons (Fsp3) is 0.258. The van der Waals surface area contributed by atoms with Gasteiger partial charge in [0.25, 0.3) is 0 Å². The molecule has 0 radical (unpaired) electrons. The number of halogens is 2. The summed E-state index contributed by atoms with van der Waals surface area (Å²) in [5, 5.41) is 8.06. The number of nitrogens with zero attached hydrogens (tertiary/aromatic N) is 3. The van der Waals surface area contributed by atoms with Gasteiger partial charge in [-0.2, -0.15) is 5.10 Å². The van der Waals surface area contributed by atoms with Crippen LogP contribution in [0.25, 0.3) is 16.9 Å². The molecule has 1 fully saturated rings. The Hall–Kier alpha value is -3.66. The van der Waals surface area contributed by atoms with E-state index in [1.165, 1.54) is 28.8 Å². The number of amides is 2. The molecule has 0 bridgehead atoms. The average Bonchev–Trinajstić information content (AvgIpc) is 3.62. The molecule has 7 nitrogen and oxygen atoms in total. The van der Waals surface area contributed by atoms with Crippen molar-refractivity contribution in [2.24, 2.45) is 0 Å². The van der Waals surface area contributed by atoms with Crippen LogP contribution >= 0.6 is 23.4 Å². The van der Waals surface area contributed by atoms with E-state index in [0.717, 1.165) is 29.5 Å². The SMILES string of the molecule is O=C(CN1C(=O)CS[C@@H](c2ccc(F)cc2)c2c(-c3ccccc3)nn(-c3ccccc3Cl)c21)NC[C@H]1CCCO1. The molecule has 0 unspecified atom stereocenters. The summed E-state index contributed by atoms with van der Waals surface area (Å²) in [7, 11) is 0. The molecule has 0 spiro atoms. The van der Waals surface area contributed by atoms with Crippen LogP contribution in [-0.2, 0) is 14.3 Å². The quantitative estimate of drug-likeness (QED) is 0.295. The van der Waals surface area contributed by atoms with Crippen molar-refractivity contribution >= 4 is 41.0 Å². The van der Waals surface area contributed by atoms with E-state index in [-0.39, 0.29) is 41.3 Å². The minimum atomic E-state index is -0.360. The minimum Gasteiger partial charge on any atom is -0.376 e. The second-order valence-electron chi connectivity index (χ2n) is 9.98. The highest BCUT2D eigenvalue weighted by molar-refractivity contribution is 8.00. The fourth-order valence-electron chi connectivity index (χ4n) is 5.25. The Morgan fingerprint density at radius 3 is 2.56 bits per heavy atom. The second-order valence-corrected chi connectivity index (χ2v) is 11.5. The number of ether oxygens (including phenoxy) is 1. The number of anilines is 1. The van der Waals surface area contributed by atoms with Crippen molar-refractivity contribution in [1.82, 2.24) is 15.1 Å². The van der Waals surface area contributed by atoms with E-state index in [0.29, 0.717) is 35.4 Å². The van der Waals surface area contributed by atoms with Crippen molar-refractivity contribution < 1.29 is 18.7 Å². The number of para-hydroxylation sites is 1. The van der Waals surface area contributed by atoms with E-state index in [1.54, 1.807) is 22.9 Å². The van der Waals surface area contributed by atoms with Crippen LogP contribution in [0.5, 0.6) is 0 Å². The fourth-order valence-corrected chi connectivity index (χ4v) is 6.67.